The number of fused-ring (bicyclic) bond motifs is 1. The second-order valence-electron chi connectivity index (χ2n) is 2.95. The van der Waals surface area contributed by atoms with Gasteiger partial charge >= 0.3 is 0 Å². The number of aromatic hydroxyl groups is 1. The molecule has 3 nitrogen and oxygen atoms in total. The number of phenolic OH excluding ortho intramolecular Hbond substituents is 1. The number of rotatable bonds is 1. The van der Waals surface area contributed by atoms with E-state index in [0.29, 0.717) is 5.75 Å². The lowest BCUT2D eigenvalue weighted by Gasteiger charge is -2.00. The first kappa shape index (κ1) is 8.31. The van der Waals surface area contributed by atoms with Gasteiger partial charge in [-0.2, -0.15) is 0 Å². The molecule has 2 rings (SSSR count). The first-order valence-electron chi connectivity index (χ1n) is 3.84. The number of aromatic amines is 1. The Morgan fingerprint density at radius 1 is 1.38 bits per heavy atom. The number of nitrogens with one attached hydrogen (secondary N) is 1. The fraction of sp³-hybridized carbons (Fsp3) is 0.111. The number of aromatic nitrogens is 1. The molecule has 0 saturated carbocycles. The summed E-state index contributed by atoms with van der Waals surface area (Å²) in [6.07, 6.45) is 0. The van der Waals surface area contributed by atoms with Gasteiger partial charge in [0.15, 0.2) is 11.5 Å². The van der Waals surface area contributed by atoms with Crippen LogP contribution in [0.4, 0.5) is 0 Å². The Bertz CT molecular complexity index is 450. The summed E-state index contributed by atoms with van der Waals surface area (Å²) in [5.74, 6) is 0.458. The molecule has 68 valence electrons. The summed E-state index contributed by atoms with van der Waals surface area (Å²) in [5, 5.41) is 10.4. The van der Waals surface area contributed by atoms with Crippen molar-refractivity contribution >= 4 is 23.8 Å². The summed E-state index contributed by atoms with van der Waals surface area (Å²) >= 11 is 3.64. The molecule has 0 atom stereocenters. The first-order chi connectivity index (χ1) is 6.20. The molecule has 4 heteroatoms. The highest BCUT2D eigenvalue weighted by molar-refractivity contribution is 7.75. The Morgan fingerprint density at radius 2 is 2.15 bits per heavy atom. The van der Waals surface area contributed by atoms with Gasteiger partial charge in [0.1, 0.15) is 0 Å². The van der Waals surface area contributed by atoms with Crippen LogP contribution in [0.5, 0.6) is 11.5 Å². The van der Waals surface area contributed by atoms with E-state index in [4.69, 9.17) is 0 Å². The molecule has 0 amide bonds. The zero-order valence-electron chi connectivity index (χ0n) is 7.03. The Balaban J connectivity index is 2.72. The lowest BCUT2D eigenvalue weighted by molar-refractivity contribution is 0.452. The second-order valence-corrected chi connectivity index (χ2v) is 3.13. The average Bonchev–Trinajstić information content (AvgIpc) is 2.42. The van der Waals surface area contributed by atoms with E-state index in [1.807, 2.05) is 13.0 Å². The van der Waals surface area contributed by atoms with Gasteiger partial charge in [-0.3, -0.25) is 0 Å². The lowest BCUT2D eigenvalue weighted by atomic mass is 10.2. The molecule has 0 aliphatic rings. The van der Waals surface area contributed by atoms with Crippen LogP contribution < -0.4 is 4.18 Å². The zero-order chi connectivity index (χ0) is 9.42. The van der Waals surface area contributed by atoms with Crippen molar-refractivity contribution in [3.05, 3.63) is 23.9 Å². The molecule has 1 aromatic carbocycles. The van der Waals surface area contributed by atoms with Crippen molar-refractivity contribution in [3.63, 3.8) is 0 Å². The molecule has 1 aromatic heterocycles. The highest BCUT2D eigenvalue weighted by Gasteiger charge is 2.05. The third kappa shape index (κ3) is 1.33. The van der Waals surface area contributed by atoms with Crippen molar-refractivity contribution in [2.45, 2.75) is 6.92 Å². The standard InChI is InChI=1S/C9H9NO2S/c1-5-2-6-3-8(11)9(12-13)4-7(6)10-5/h2-4,10-11,13H,1H3. The van der Waals surface area contributed by atoms with Crippen LogP contribution in [0.1, 0.15) is 5.69 Å². The lowest BCUT2D eigenvalue weighted by Crippen LogP contribution is -1.77. The predicted octanol–water partition coefficient (Wildman–Crippen LogP) is 2.41. The molecule has 0 radical (unpaired) electrons. The maximum atomic E-state index is 9.43. The van der Waals surface area contributed by atoms with E-state index < -0.39 is 0 Å². The van der Waals surface area contributed by atoms with E-state index in [-0.39, 0.29) is 5.75 Å². The maximum Gasteiger partial charge on any atom is 0.180 e. The van der Waals surface area contributed by atoms with Gasteiger partial charge in [0.05, 0.1) is 0 Å². The van der Waals surface area contributed by atoms with Crippen LogP contribution in [-0.2, 0) is 0 Å². The quantitative estimate of drug-likeness (QED) is 0.483. The Morgan fingerprint density at radius 3 is 2.85 bits per heavy atom. The molecule has 13 heavy (non-hydrogen) atoms. The average molecular weight is 195 g/mol. The van der Waals surface area contributed by atoms with Crippen LogP contribution >= 0.6 is 12.9 Å². The fourth-order valence-corrected chi connectivity index (χ4v) is 1.51. The highest BCUT2D eigenvalue weighted by atomic mass is 32.1. The van der Waals surface area contributed by atoms with Gasteiger partial charge in [0, 0.05) is 35.6 Å². The van der Waals surface area contributed by atoms with Crippen molar-refractivity contribution in [2.75, 3.05) is 0 Å². The van der Waals surface area contributed by atoms with Crippen molar-refractivity contribution < 1.29 is 9.29 Å². The van der Waals surface area contributed by atoms with E-state index in [2.05, 4.69) is 22.1 Å². The van der Waals surface area contributed by atoms with Gasteiger partial charge in [0.25, 0.3) is 0 Å². The summed E-state index contributed by atoms with van der Waals surface area (Å²) in [4.78, 5) is 3.14. The van der Waals surface area contributed by atoms with Gasteiger partial charge < -0.3 is 14.3 Å². The molecule has 0 spiro atoms. The van der Waals surface area contributed by atoms with Gasteiger partial charge in [-0.1, -0.05) is 0 Å². The van der Waals surface area contributed by atoms with E-state index in [9.17, 15) is 5.11 Å². The highest BCUT2D eigenvalue weighted by Crippen LogP contribution is 2.31. The first-order valence-corrected chi connectivity index (χ1v) is 4.21. The van der Waals surface area contributed by atoms with E-state index in [1.165, 1.54) is 0 Å². The Kier molecular flexibility index (Phi) is 1.84. The molecule has 1 heterocycles. The SMILES string of the molecule is Cc1cc2cc(O)c(OS)cc2[nH]1. The number of aryl methyl sites for hydroxylation is 1. The predicted molar refractivity (Wildman–Crippen MR) is 54.3 cm³/mol. The fourth-order valence-electron chi connectivity index (χ4n) is 1.37. The minimum atomic E-state index is 0.0986. The van der Waals surface area contributed by atoms with Crippen LogP contribution in [0.15, 0.2) is 18.2 Å². The minimum Gasteiger partial charge on any atom is -0.504 e. The summed E-state index contributed by atoms with van der Waals surface area (Å²) in [6.45, 7) is 1.96. The molecule has 0 aliphatic heterocycles. The minimum absolute atomic E-state index is 0.0986. The van der Waals surface area contributed by atoms with Crippen LogP contribution in [0.25, 0.3) is 10.9 Å². The van der Waals surface area contributed by atoms with Crippen LogP contribution in [0.3, 0.4) is 0 Å². The number of H-pyrrole nitrogens is 1. The molecule has 0 fully saturated rings. The summed E-state index contributed by atoms with van der Waals surface area (Å²) in [7, 11) is 0. The van der Waals surface area contributed by atoms with E-state index in [1.54, 1.807) is 12.1 Å². The third-order valence-corrected chi connectivity index (χ3v) is 2.13. The van der Waals surface area contributed by atoms with Gasteiger partial charge in [-0.15, -0.1) is 0 Å². The van der Waals surface area contributed by atoms with Gasteiger partial charge in [-0.05, 0) is 19.1 Å². The molecule has 0 aliphatic carbocycles. The number of hydrogen-bond donors (Lipinski definition) is 3. The van der Waals surface area contributed by atoms with Crippen molar-refractivity contribution in [2.24, 2.45) is 0 Å². The molecule has 0 bridgehead atoms. The molecule has 2 N–H and O–H groups in total. The van der Waals surface area contributed by atoms with Crippen LogP contribution in [0, 0.1) is 6.92 Å². The maximum absolute atomic E-state index is 9.43. The second kappa shape index (κ2) is 2.88. The van der Waals surface area contributed by atoms with E-state index >= 15 is 0 Å². The smallest absolute Gasteiger partial charge is 0.180 e. The number of phenols is 1. The summed E-state index contributed by atoms with van der Waals surface area (Å²) < 4.78 is 4.69. The zero-order valence-corrected chi connectivity index (χ0v) is 7.93. The third-order valence-electron chi connectivity index (χ3n) is 1.93. The molecular weight excluding hydrogens is 186 g/mol. The molecule has 2 aromatic rings. The van der Waals surface area contributed by atoms with Gasteiger partial charge in [0.2, 0.25) is 0 Å². The Hall–Kier alpha value is -1.29. The number of thiol groups is 1. The summed E-state index contributed by atoms with van der Waals surface area (Å²) in [5.41, 5.74) is 1.98. The number of benzene rings is 1. The summed E-state index contributed by atoms with van der Waals surface area (Å²) in [6, 6.07) is 5.31. The Labute approximate surface area is 81.0 Å². The van der Waals surface area contributed by atoms with Crippen molar-refractivity contribution in [1.29, 1.82) is 0 Å². The molecular formula is C9H9NO2S. The normalized spacial score (nSPS) is 10.6. The largest absolute Gasteiger partial charge is 0.504 e. The van der Waals surface area contributed by atoms with Crippen molar-refractivity contribution in [1.82, 2.24) is 4.98 Å². The monoisotopic (exact) mass is 195 g/mol. The van der Waals surface area contributed by atoms with E-state index in [0.717, 1.165) is 16.6 Å². The molecule has 0 unspecified atom stereocenters. The van der Waals surface area contributed by atoms with Crippen LogP contribution in [0.2, 0.25) is 0 Å². The van der Waals surface area contributed by atoms with Gasteiger partial charge in [-0.25, -0.2) is 0 Å². The molecule has 0 saturated heterocycles. The number of hydrogen-bond acceptors (Lipinski definition) is 3. The van der Waals surface area contributed by atoms with Crippen molar-refractivity contribution in [3.8, 4) is 11.5 Å². The topological polar surface area (TPSA) is 45.2 Å². The van der Waals surface area contributed by atoms with Crippen LogP contribution in [-0.4, -0.2) is 10.1 Å².